The Hall–Kier alpha value is -0.750. The second kappa shape index (κ2) is 5.07. The summed E-state index contributed by atoms with van der Waals surface area (Å²) in [6.45, 7) is 0. The van der Waals surface area contributed by atoms with Gasteiger partial charge in [-0.25, -0.2) is 0 Å². The summed E-state index contributed by atoms with van der Waals surface area (Å²) in [4.78, 5) is 9.98. The van der Waals surface area contributed by atoms with E-state index in [1.54, 1.807) is 0 Å². The molecule has 1 atom stereocenters. The quantitative estimate of drug-likeness (QED) is 0.631. The summed E-state index contributed by atoms with van der Waals surface area (Å²) in [6, 6.07) is 1.91. The van der Waals surface area contributed by atoms with Gasteiger partial charge in [-0.15, -0.1) is 11.6 Å². The van der Waals surface area contributed by atoms with Gasteiger partial charge in [0.05, 0.1) is 12.0 Å². The number of hydrogen-bond donors (Lipinski definition) is 1. The number of halogens is 1. The van der Waals surface area contributed by atoms with Crippen molar-refractivity contribution < 1.29 is 9.90 Å². The molecule has 0 aromatic heterocycles. The Bertz CT molecular complexity index is 152. The lowest BCUT2D eigenvalue weighted by atomic mass is 10.1. The first-order chi connectivity index (χ1) is 4.70. The fraction of sp³-hybridized carbons (Fsp3) is 0.667. The molecule has 0 aromatic carbocycles. The molecule has 0 heterocycles. The molecule has 0 aliphatic rings. The first-order valence-electron chi connectivity index (χ1n) is 2.88. The van der Waals surface area contributed by atoms with E-state index >= 15 is 0 Å². The van der Waals surface area contributed by atoms with Crippen molar-refractivity contribution in [2.75, 3.05) is 5.88 Å². The number of aliphatic carboxylic acids is 1. The van der Waals surface area contributed by atoms with Crippen LogP contribution in [-0.4, -0.2) is 17.0 Å². The zero-order chi connectivity index (χ0) is 7.98. The van der Waals surface area contributed by atoms with E-state index in [1.165, 1.54) is 0 Å². The van der Waals surface area contributed by atoms with Crippen LogP contribution < -0.4 is 0 Å². The fourth-order valence-corrected chi connectivity index (χ4v) is 0.697. The molecule has 4 heteroatoms. The second-order valence-electron chi connectivity index (χ2n) is 1.91. The van der Waals surface area contributed by atoms with E-state index < -0.39 is 5.97 Å². The third kappa shape index (κ3) is 4.16. The molecule has 0 rings (SSSR count). The molecule has 0 aliphatic carbocycles. The highest BCUT2D eigenvalue weighted by Gasteiger charge is 2.07. The van der Waals surface area contributed by atoms with Crippen molar-refractivity contribution in [3.05, 3.63) is 0 Å². The van der Waals surface area contributed by atoms with Crippen molar-refractivity contribution in [1.29, 1.82) is 5.26 Å². The van der Waals surface area contributed by atoms with Gasteiger partial charge in [-0.1, -0.05) is 0 Å². The molecule has 0 radical (unpaired) electrons. The summed E-state index contributed by atoms with van der Waals surface area (Å²) in [5.41, 5.74) is 0. The summed E-state index contributed by atoms with van der Waals surface area (Å²) in [7, 11) is 0. The monoisotopic (exact) mass is 161 g/mol. The van der Waals surface area contributed by atoms with Crippen molar-refractivity contribution in [3.8, 4) is 6.07 Å². The molecular weight excluding hydrogens is 154 g/mol. The maximum absolute atomic E-state index is 9.98. The molecule has 0 bridgehead atoms. The number of alkyl halides is 1. The average Bonchev–Trinajstić information content (AvgIpc) is 1.90. The van der Waals surface area contributed by atoms with Gasteiger partial charge in [0.15, 0.2) is 0 Å². The van der Waals surface area contributed by atoms with E-state index in [9.17, 15) is 4.79 Å². The molecular formula is C6H8ClNO2. The summed E-state index contributed by atoms with van der Waals surface area (Å²) >= 11 is 5.34. The van der Waals surface area contributed by atoms with E-state index in [1.807, 2.05) is 6.07 Å². The van der Waals surface area contributed by atoms with Gasteiger partial charge < -0.3 is 5.11 Å². The molecule has 1 N–H and O–H groups in total. The van der Waals surface area contributed by atoms with Gasteiger partial charge in [0.2, 0.25) is 0 Å². The summed E-state index contributed by atoms with van der Waals surface area (Å²) in [6.07, 6.45) is 0.361. The molecule has 0 amide bonds. The largest absolute Gasteiger partial charge is 0.481 e. The normalized spacial score (nSPS) is 12.0. The van der Waals surface area contributed by atoms with Gasteiger partial charge in [0.1, 0.15) is 0 Å². The summed E-state index contributed by atoms with van der Waals surface area (Å²) < 4.78 is 0. The van der Waals surface area contributed by atoms with E-state index in [0.29, 0.717) is 6.42 Å². The predicted molar refractivity (Wildman–Crippen MR) is 36.7 cm³/mol. The van der Waals surface area contributed by atoms with Gasteiger partial charge in [-0.05, 0) is 6.42 Å². The minimum atomic E-state index is -0.884. The lowest BCUT2D eigenvalue weighted by Crippen LogP contribution is -2.03. The molecule has 0 spiro atoms. The minimum absolute atomic E-state index is 0.0188. The minimum Gasteiger partial charge on any atom is -0.481 e. The Morgan fingerprint density at radius 3 is 2.70 bits per heavy atom. The van der Waals surface area contributed by atoms with Crippen molar-refractivity contribution in [1.82, 2.24) is 0 Å². The molecule has 10 heavy (non-hydrogen) atoms. The zero-order valence-electron chi connectivity index (χ0n) is 5.38. The maximum atomic E-state index is 9.98. The van der Waals surface area contributed by atoms with E-state index in [2.05, 4.69) is 0 Å². The van der Waals surface area contributed by atoms with Gasteiger partial charge in [0.25, 0.3) is 0 Å². The third-order valence-electron chi connectivity index (χ3n) is 1.08. The van der Waals surface area contributed by atoms with Crippen LogP contribution in [-0.2, 0) is 4.79 Å². The molecule has 0 saturated carbocycles. The van der Waals surface area contributed by atoms with Crippen LogP contribution in [0, 0.1) is 17.2 Å². The smallest absolute Gasteiger partial charge is 0.303 e. The molecule has 1 unspecified atom stereocenters. The average molecular weight is 162 g/mol. The number of nitrogens with zero attached hydrogens (tertiary/aromatic N) is 1. The number of carboxylic acid groups (broad SMARTS) is 1. The summed E-state index contributed by atoms with van der Waals surface area (Å²) in [5.74, 6) is -0.993. The summed E-state index contributed by atoms with van der Waals surface area (Å²) in [5, 5.41) is 16.5. The zero-order valence-corrected chi connectivity index (χ0v) is 6.14. The number of hydrogen-bond acceptors (Lipinski definition) is 2. The van der Waals surface area contributed by atoms with E-state index in [4.69, 9.17) is 22.0 Å². The first kappa shape index (κ1) is 9.25. The number of carboxylic acids is 1. The first-order valence-corrected chi connectivity index (χ1v) is 3.41. The van der Waals surface area contributed by atoms with Gasteiger partial charge >= 0.3 is 5.97 Å². The Labute approximate surface area is 64.2 Å². The van der Waals surface area contributed by atoms with Crippen LogP contribution >= 0.6 is 11.6 Å². The molecule has 0 saturated heterocycles. The second-order valence-corrected chi connectivity index (χ2v) is 2.22. The Morgan fingerprint density at radius 2 is 2.40 bits per heavy atom. The number of carbonyl (C=O) groups is 1. The highest BCUT2D eigenvalue weighted by molar-refractivity contribution is 6.18. The van der Waals surface area contributed by atoms with Crippen LogP contribution in [0.15, 0.2) is 0 Å². The molecule has 0 fully saturated rings. The van der Waals surface area contributed by atoms with Gasteiger partial charge in [-0.3, -0.25) is 4.79 Å². The van der Waals surface area contributed by atoms with E-state index in [-0.39, 0.29) is 18.2 Å². The fourth-order valence-electron chi connectivity index (χ4n) is 0.474. The third-order valence-corrected chi connectivity index (χ3v) is 1.45. The Balaban J connectivity index is 3.47. The van der Waals surface area contributed by atoms with Crippen LogP contribution in [0.3, 0.4) is 0 Å². The highest BCUT2D eigenvalue weighted by Crippen LogP contribution is 2.06. The lowest BCUT2D eigenvalue weighted by molar-refractivity contribution is -0.137. The SMILES string of the molecule is N#CC(CCl)CCC(=O)O. The lowest BCUT2D eigenvalue weighted by Gasteiger charge is -1.99. The molecule has 3 nitrogen and oxygen atoms in total. The maximum Gasteiger partial charge on any atom is 0.303 e. The van der Waals surface area contributed by atoms with Gasteiger partial charge in [0, 0.05) is 12.3 Å². The van der Waals surface area contributed by atoms with Crippen LogP contribution in [0.1, 0.15) is 12.8 Å². The van der Waals surface area contributed by atoms with E-state index in [0.717, 1.165) is 0 Å². The number of nitriles is 1. The molecule has 0 aromatic rings. The standard InChI is InChI=1S/C6H8ClNO2/c7-3-5(4-8)1-2-6(9)10/h5H,1-3H2,(H,9,10). The van der Waals surface area contributed by atoms with Crippen LogP contribution in [0.25, 0.3) is 0 Å². The van der Waals surface area contributed by atoms with Crippen molar-refractivity contribution in [3.63, 3.8) is 0 Å². The number of rotatable bonds is 4. The van der Waals surface area contributed by atoms with Crippen LogP contribution in [0.5, 0.6) is 0 Å². The molecule has 0 aliphatic heterocycles. The Kier molecular flexibility index (Phi) is 4.69. The van der Waals surface area contributed by atoms with Crippen LogP contribution in [0.4, 0.5) is 0 Å². The highest BCUT2D eigenvalue weighted by atomic mass is 35.5. The van der Waals surface area contributed by atoms with Crippen molar-refractivity contribution in [2.24, 2.45) is 5.92 Å². The van der Waals surface area contributed by atoms with Crippen molar-refractivity contribution in [2.45, 2.75) is 12.8 Å². The van der Waals surface area contributed by atoms with Crippen molar-refractivity contribution >= 4 is 17.6 Å². The predicted octanol–water partition coefficient (Wildman–Crippen LogP) is 1.23. The van der Waals surface area contributed by atoms with Gasteiger partial charge in [-0.2, -0.15) is 5.26 Å². The Morgan fingerprint density at radius 1 is 1.80 bits per heavy atom. The topological polar surface area (TPSA) is 61.1 Å². The molecule has 56 valence electrons. The van der Waals surface area contributed by atoms with Crippen LogP contribution in [0.2, 0.25) is 0 Å².